The lowest BCUT2D eigenvalue weighted by atomic mass is 9.80. The molecule has 108 valence electrons. The average molecular weight is 273 g/mol. The Balaban J connectivity index is 1.71. The van der Waals surface area contributed by atoms with Crippen LogP contribution in [0.15, 0.2) is 24.3 Å². The molecule has 1 aromatic carbocycles. The molecule has 3 rings (SSSR count). The summed E-state index contributed by atoms with van der Waals surface area (Å²) in [6.45, 7) is 3.09. The van der Waals surface area contributed by atoms with Gasteiger partial charge in [-0.3, -0.25) is 4.79 Å². The molecule has 2 aliphatic rings. The molecule has 1 N–H and O–H groups in total. The molecule has 1 amide bonds. The molecule has 0 bridgehead atoms. The summed E-state index contributed by atoms with van der Waals surface area (Å²) in [6, 6.07) is 8.30. The molecule has 1 unspecified atom stereocenters. The largest absolute Gasteiger partial charge is 0.386 e. The summed E-state index contributed by atoms with van der Waals surface area (Å²) in [6.07, 6.45) is 4.86. The van der Waals surface area contributed by atoms with Gasteiger partial charge in [-0.25, -0.2) is 0 Å². The summed E-state index contributed by atoms with van der Waals surface area (Å²) < 4.78 is 0. The summed E-state index contributed by atoms with van der Waals surface area (Å²) in [4.78, 5) is 14.5. The van der Waals surface area contributed by atoms with Crippen molar-refractivity contribution in [2.75, 3.05) is 13.1 Å². The third-order valence-electron chi connectivity index (χ3n) is 4.66. The zero-order chi connectivity index (χ0) is 14.2. The van der Waals surface area contributed by atoms with Crippen molar-refractivity contribution < 1.29 is 9.90 Å². The van der Waals surface area contributed by atoms with E-state index in [9.17, 15) is 9.90 Å². The highest BCUT2D eigenvalue weighted by molar-refractivity contribution is 5.85. The lowest BCUT2D eigenvalue weighted by Crippen LogP contribution is -2.64. The van der Waals surface area contributed by atoms with Crippen molar-refractivity contribution in [3.63, 3.8) is 0 Å². The van der Waals surface area contributed by atoms with E-state index in [1.807, 2.05) is 11.0 Å². The molecule has 1 aliphatic heterocycles. The zero-order valence-electron chi connectivity index (χ0n) is 12.1. The van der Waals surface area contributed by atoms with Gasteiger partial charge in [0.05, 0.1) is 24.6 Å². The van der Waals surface area contributed by atoms with Gasteiger partial charge in [0.25, 0.3) is 0 Å². The molecule has 0 spiro atoms. The fraction of sp³-hybridized carbons (Fsp3) is 0.588. The van der Waals surface area contributed by atoms with Gasteiger partial charge in [0.15, 0.2) is 0 Å². The first-order chi connectivity index (χ1) is 9.63. The Morgan fingerprint density at radius 3 is 2.90 bits per heavy atom. The molecule has 1 atom stereocenters. The third kappa shape index (κ3) is 2.35. The van der Waals surface area contributed by atoms with Crippen molar-refractivity contribution in [3.8, 4) is 0 Å². The number of fused-ring (bicyclic) bond motifs is 1. The van der Waals surface area contributed by atoms with Gasteiger partial charge in [0.1, 0.15) is 0 Å². The predicted molar refractivity (Wildman–Crippen MR) is 78.6 cm³/mol. The maximum absolute atomic E-state index is 12.6. The van der Waals surface area contributed by atoms with Crippen molar-refractivity contribution in [1.29, 1.82) is 0 Å². The van der Waals surface area contributed by atoms with Gasteiger partial charge in [-0.05, 0) is 36.8 Å². The van der Waals surface area contributed by atoms with Crippen molar-refractivity contribution in [1.82, 2.24) is 4.90 Å². The Hall–Kier alpha value is -1.35. The van der Waals surface area contributed by atoms with Crippen LogP contribution in [0.5, 0.6) is 0 Å². The zero-order valence-corrected chi connectivity index (χ0v) is 12.1. The number of carbonyl (C=O) groups is 1. The van der Waals surface area contributed by atoms with Crippen LogP contribution in [0, 0.1) is 0 Å². The number of nitrogens with zero attached hydrogens (tertiary/aromatic N) is 1. The lowest BCUT2D eigenvalue weighted by Gasteiger charge is -2.48. The van der Waals surface area contributed by atoms with E-state index >= 15 is 0 Å². The highest BCUT2D eigenvalue weighted by Crippen LogP contribution is 2.36. The monoisotopic (exact) mass is 273 g/mol. The number of hydrogen-bond donors (Lipinski definition) is 1. The molecule has 1 aromatic rings. The van der Waals surface area contributed by atoms with Crippen LogP contribution < -0.4 is 0 Å². The minimum absolute atomic E-state index is 0.00567. The number of hydrogen-bond acceptors (Lipinski definition) is 2. The number of amides is 1. The van der Waals surface area contributed by atoms with E-state index < -0.39 is 5.60 Å². The van der Waals surface area contributed by atoms with Gasteiger partial charge in [-0.1, -0.05) is 37.6 Å². The van der Waals surface area contributed by atoms with Gasteiger partial charge in [-0.2, -0.15) is 0 Å². The number of aliphatic hydroxyl groups is 1. The summed E-state index contributed by atoms with van der Waals surface area (Å²) in [5.74, 6) is 0.212. The fourth-order valence-corrected chi connectivity index (χ4v) is 3.67. The second kappa shape index (κ2) is 5.21. The average Bonchev–Trinajstić information content (AvgIpc) is 2.43. The van der Waals surface area contributed by atoms with Crippen LogP contribution in [-0.2, 0) is 11.2 Å². The van der Waals surface area contributed by atoms with Gasteiger partial charge < -0.3 is 10.0 Å². The summed E-state index contributed by atoms with van der Waals surface area (Å²) in [5, 5.41) is 10.2. The van der Waals surface area contributed by atoms with Crippen LogP contribution in [0.2, 0.25) is 0 Å². The molecule has 20 heavy (non-hydrogen) atoms. The summed E-state index contributed by atoms with van der Waals surface area (Å²) >= 11 is 0. The lowest BCUT2D eigenvalue weighted by molar-refractivity contribution is -0.158. The van der Waals surface area contributed by atoms with E-state index in [0.29, 0.717) is 13.1 Å². The van der Waals surface area contributed by atoms with E-state index in [-0.39, 0.29) is 11.8 Å². The maximum atomic E-state index is 12.6. The minimum Gasteiger partial charge on any atom is -0.386 e. The molecule has 0 aromatic heterocycles. The molecule has 0 radical (unpaired) electrons. The molecule has 1 heterocycles. The Morgan fingerprint density at radius 1 is 1.40 bits per heavy atom. The molecular weight excluding hydrogens is 250 g/mol. The first-order valence-electron chi connectivity index (χ1n) is 7.72. The number of rotatable bonds is 3. The molecule has 1 aliphatic carbocycles. The highest BCUT2D eigenvalue weighted by atomic mass is 16.3. The third-order valence-corrected chi connectivity index (χ3v) is 4.66. The summed E-state index contributed by atoms with van der Waals surface area (Å²) in [5.41, 5.74) is 1.90. The van der Waals surface area contributed by atoms with Crippen LogP contribution in [-0.4, -0.2) is 34.6 Å². The van der Waals surface area contributed by atoms with Gasteiger partial charge >= 0.3 is 0 Å². The van der Waals surface area contributed by atoms with Crippen LogP contribution >= 0.6 is 0 Å². The summed E-state index contributed by atoms with van der Waals surface area (Å²) in [7, 11) is 0. The van der Waals surface area contributed by atoms with E-state index in [1.165, 1.54) is 11.1 Å². The number of benzene rings is 1. The van der Waals surface area contributed by atoms with E-state index in [1.54, 1.807) is 0 Å². The van der Waals surface area contributed by atoms with Crippen LogP contribution in [0.1, 0.15) is 49.7 Å². The smallest absolute Gasteiger partial charge is 0.230 e. The number of β-amino-alcohol motifs (C(OH)–C–C–N with tert-alkyl or cyclic N) is 1. The van der Waals surface area contributed by atoms with E-state index in [2.05, 4.69) is 25.1 Å². The van der Waals surface area contributed by atoms with Crippen molar-refractivity contribution in [2.45, 2.75) is 50.5 Å². The van der Waals surface area contributed by atoms with Crippen molar-refractivity contribution in [3.05, 3.63) is 35.4 Å². The van der Waals surface area contributed by atoms with Crippen LogP contribution in [0.25, 0.3) is 0 Å². The fourth-order valence-electron chi connectivity index (χ4n) is 3.67. The Labute approximate surface area is 120 Å². The van der Waals surface area contributed by atoms with Gasteiger partial charge in [0, 0.05) is 0 Å². The Bertz CT molecular complexity index is 505. The Kier molecular flexibility index (Phi) is 3.55. The molecule has 3 heteroatoms. The minimum atomic E-state index is -0.626. The predicted octanol–water partition coefficient (Wildman–Crippen LogP) is 2.48. The Morgan fingerprint density at radius 2 is 2.15 bits per heavy atom. The van der Waals surface area contributed by atoms with Gasteiger partial charge in [-0.15, -0.1) is 0 Å². The van der Waals surface area contributed by atoms with Crippen LogP contribution in [0.4, 0.5) is 0 Å². The standard InChI is InChI=1S/C17H23NO2/c1-2-10-17(20)11-18(12-17)16(19)15-9-5-7-13-6-3-4-8-14(13)15/h3-4,6,8,15,20H,2,5,7,9-12H2,1H3. The number of likely N-dealkylation sites (tertiary alicyclic amines) is 1. The maximum Gasteiger partial charge on any atom is 0.230 e. The first-order valence-corrected chi connectivity index (χ1v) is 7.72. The highest BCUT2D eigenvalue weighted by Gasteiger charge is 2.44. The number of aryl methyl sites for hydroxylation is 1. The number of carbonyl (C=O) groups excluding carboxylic acids is 1. The van der Waals surface area contributed by atoms with E-state index in [0.717, 1.165) is 32.1 Å². The molecule has 0 saturated carbocycles. The second-order valence-corrected chi connectivity index (χ2v) is 6.31. The van der Waals surface area contributed by atoms with E-state index in [4.69, 9.17) is 0 Å². The normalized spacial score (nSPS) is 23.9. The van der Waals surface area contributed by atoms with Gasteiger partial charge in [0.2, 0.25) is 5.91 Å². The SMILES string of the molecule is CCCC1(O)CN(C(=O)C2CCCc3ccccc32)C1. The first kappa shape index (κ1) is 13.6. The van der Waals surface area contributed by atoms with Crippen molar-refractivity contribution in [2.24, 2.45) is 0 Å². The van der Waals surface area contributed by atoms with Crippen LogP contribution in [0.3, 0.4) is 0 Å². The molecule has 3 nitrogen and oxygen atoms in total. The topological polar surface area (TPSA) is 40.5 Å². The molecule has 1 saturated heterocycles. The molecule has 1 fully saturated rings. The molecular formula is C17H23NO2. The second-order valence-electron chi connectivity index (χ2n) is 6.31. The quantitative estimate of drug-likeness (QED) is 0.919. The van der Waals surface area contributed by atoms with Crippen molar-refractivity contribution >= 4 is 5.91 Å².